The van der Waals surface area contributed by atoms with Crippen molar-refractivity contribution in [2.45, 2.75) is 19.9 Å². The van der Waals surface area contributed by atoms with Crippen molar-refractivity contribution in [1.29, 1.82) is 0 Å². The molecule has 1 atom stereocenters. The van der Waals surface area contributed by atoms with Crippen LogP contribution in [0.15, 0.2) is 35.1 Å². The number of esters is 1. The average molecular weight is 332 g/mol. The van der Waals surface area contributed by atoms with E-state index in [1.54, 1.807) is 52.3 Å². The molecule has 0 spiro atoms. The van der Waals surface area contributed by atoms with Crippen LogP contribution in [0.5, 0.6) is 11.5 Å². The molecule has 0 fully saturated rings. The Bertz CT molecular complexity index is 785. The number of ether oxygens (including phenoxy) is 3. The molecule has 0 amide bonds. The first-order valence-electron chi connectivity index (χ1n) is 7.50. The highest BCUT2D eigenvalue weighted by Gasteiger charge is 2.19. The number of hydrogen-bond donors (Lipinski definition) is 0. The Hall–Kier alpha value is -2.83. The Labute approximate surface area is 139 Å². The van der Waals surface area contributed by atoms with Gasteiger partial charge < -0.3 is 14.2 Å². The highest BCUT2D eigenvalue weighted by atomic mass is 16.5. The Morgan fingerprint density at radius 1 is 1.17 bits per heavy atom. The summed E-state index contributed by atoms with van der Waals surface area (Å²) >= 11 is 0. The van der Waals surface area contributed by atoms with Crippen LogP contribution < -0.4 is 15.0 Å². The standard InChI is InChI=1S/C17H20N2O5/c1-5-24-17(21)11(2)19-16(20)9-7-13(18-19)12-6-8-14(22-3)15(10-12)23-4/h6-11H,5H2,1-4H3/t11-/m1/s1. The lowest BCUT2D eigenvalue weighted by molar-refractivity contribution is -0.147. The summed E-state index contributed by atoms with van der Waals surface area (Å²) in [6.07, 6.45) is 0. The van der Waals surface area contributed by atoms with Gasteiger partial charge in [-0.05, 0) is 38.1 Å². The number of carbonyl (C=O) groups excluding carboxylic acids is 1. The summed E-state index contributed by atoms with van der Waals surface area (Å²) in [5, 5.41) is 4.28. The van der Waals surface area contributed by atoms with E-state index >= 15 is 0 Å². The molecule has 0 aliphatic heterocycles. The van der Waals surface area contributed by atoms with Crippen LogP contribution >= 0.6 is 0 Å². The van der Waals surface area contributed by atoms with E-state index in [0.717, 1.165) is 10.2 Å². The van der Waals surface area contributed by atoms with Crippen molar-refractivity contribution in [3.8, 4) is 22.8 Å². The topological polar surface area (TPSA) is 79.7 Å². The predicted molar refractivity (Wildman–Crippen MR) is 88.4 cm³/mol. The molecule has 0 bridgehead atoms. The lowest BCUT2D eigenvalue weighted by Gasteiger charge is -2.14. The van der Waals surface area contributed by atoms with Gasteiger partial charge >= 0.3 is 5.97 Å². The largest absolute Gasteiger partial charge is 0.493 e. The molecule has 0 aliphatic carbocycles. The molecule has 0 saturated heterocycles. The summed E-state index contributed by atoms with van der Waals surface area (Å²) in [4.78, 5) is 23.9. The summed E-state index contributed by atoms with van der Waals surface area (Å²) in [6, 6.07) is 7.46. The number of carbonyl (C=O) groups is 1. The molecule has 0 saturated carbocycles. The fraction of sp³-hybridized carbons (Fsp3) is 0.353. The van der Waals surface area contributed by atoms with Crippen LogP contribution in [-0.2, 0) is 9.53 Å². The zero-order valence-electron chi connectivity index (χ0n) is 14.1. The first-order chi connectivity index (χ1) is 11.5. The molecule has 0 aliphatic rings. The molecule has 1 heterocycles. The zero-order chi connectivity index (χ0) is 17.7. The van der Waals surface area contributed by atoms with E-state index in [1.807, 2.05) is 0 Å². The number of benzene rings is 1. The fourth-order valence-corrected chi connectivity index (χ4v) is 2.21. The van der Waals surface area contributed by atoms with Crippen molar-refractivity contribution >= 4 is 5.97 Å². The fourth-order valence-electron chi connectivity index (χ4n) is 2.21. The third kappa shape index (κ3) is 3.56. The van der Waals surface area contributed by atoms with E-state index in [1.165, 1.54) is 6.07 Å². The lowest BCUT2D eigenvalue weighted by Crippen LogP contribution is -2.31. The minimum absolute atomic E-state index is 0.243. The van der Waals surface area contributed by atoms with Crippen LogP contribution in [0.4, 0.5) is 0 Å². The summed E-state index contributed by atoms with van der Waals surface area (Å²) < 4.78 is 16.5. The minimum atomic E-state index is -0.808. The molecule has 0 N–H and O–H groups in total. The van der Waals surface area contributed by atoms with Crippen molar-refractivity contribution < 1.29 is 19.0 Å². The molecular formula is C17H20N2O5. The molecule has 2 rings (SSSR count). The first-order valence-corrected chi connectivity index (χ1v) is 7.50. The van der Waals surface area contributed by atoms with Gasteiger partial charge in [0.1, 0.15) is 0 Å². The minimum Gasteiger partial charge on any atom is -0.493 e. The number of aromatic nitrogens is 2. The Morgan fingerprint density at radius 2 is 1.88 bits per heavy atom. The van der Waals surface area contributed by atoms with Gasteiger partial charge in [0.05, 0.1) is 26.5 Å². The van der Waals surface area contributed by atoms with Crippen molar-refractivity contribution in [2.75, 3.05) is 20.8 Å². The molecule has 24 heavy (non-hydrogen) atoms. The summed E-state index contributed by atoms with van der Waals surface area (Å²) in [5.74, 6) is 0.638. The van der Waals surface area contributed by atoms with Gasteiger partial charge in [-0.1, -0.05) is 0 Å². The molecule has 1 aromatic heterocycles. The van der Waals surface area contributed by atoms with Crippen molar-refractivity contribution in [3.05, 3.63) is 40.7 Å². The van der Waals surface area contributed by atoms with E-state index in [0.29, 0.717) is 17.2 Å². The molecule has 7 nitrogen and oxygen atoms in total. The average Bonchev–Trinajstić information content (AvgIpc) is 2.61. The molecule has 0 radical (unpaired) electrons. The quantitative estimate of drug-likeness (QED) is 0.753. The van der Waals surface area contributed by atoms with E-state index in [4.69, 9.17) is 14.2 Å². The number of methoxy groups -OCH3 is 2. The second kappa shape index (κ2) is 7.63. The molecule has 1 aromatic carbocycles. The summed E-state index contributed by atoms with van der Waals surface area (Å²) in [5.41, 5.74) is 0.893. The van der Waals surface area contributed by atoms with E-state index in [-0.39, 0.29) is 12.2 Å². The van der Waals surface area contributed by atoms with Crippen LogP contribution in [0.3, 0.4) is 0 Å². The van der Waals surface area contributed by atoms with Gasteiger partial charge in [0.25, 0.3) is 5.56 Å². The van der Waals surface area contributed by atoms with Crippen LogP contribution in [0, 0.1) is 0 Å². The highest BCUT2D eigenvalue weighted by molar-refractivity contribution is 5.73. The number of rotatable bonds is 6. The van der Waals surface area contributed by atoms with Crippen molar-refractivity contribution in [1.82, 2.24) is 9.78 Å². The van der Waals surface area contributed by atoms with Gasteiger partial charge in [-0.25, -0.2) is 9.48 Å². The molecule has 128 valence electrons. The van der Waals surface area contributed by atoms with Gasteiger partial charge in [-0.2, -0.15) is 5.10 Å². The van der Waals surface area contributed by atoms with Crippen LogP contribution in [0.25, 0.3) is 11.3 Å². The normalized spacial score (nSPS) is 11.7. The predicted octanol–water partition coefficient (Wildman–Crippen LogP) is 2.05. The molecular weight excluding hydrogens is 312 g/mol. The number of nitrogens with zero attached hydrogens (tertiary/aromatic N) is 2. The maximum atomic E-state index is 12.0. The second-order valence-corrected chi connectivity index (χ2v) is 5.00. The maximum Gasteiger partial charge on any atom is 0.330 e. The summed E-state index contributed by atoms with van der Waals surface area (Å²) in [6.45, 7) is 3.53. The van der Waals surface area contributed by atoms with Crippen molar-refractivity contribution in [2.24, 2.45) is 0 Å². The maximum absolute atomic E-state index is 12.0. The highest BCUT2D eigenvalue weighted by Crippen LogP contribution is 2.31. The van der Waals surface area contributed by atoms with Crippen LogP contribution in [0.2, 0.25) is 0 Å². The van der Waals surface area contributed by atoms with E-state index < -0.39 is 12.0 Å². The van der Waals surface area contributed by atoms with Crippen molar-refractivity contribution in [3.63, 3.8) is 0 Å². The Balaban J connectivity index is 2.44. The van der Waals surface area contributed by atoms with Crippen LogP contribution in [0.1, 0.15) is 19.9 Å². The van der Waals surface area contributed by atoms with E-state index in [2.05, 4.69) is 5.10 Å². The zero-order valence-corrected chi connectivity index (χ0v) is 14.1. The monoisotopic (exact) mass is 332 g/mol. The third-order valence-corrected chi connectivity index (χ3v) is 3.50. The SMILES string of the molecule is CCOC(=O)[C@@H](C)n1nc(-c2ccc(OC)c(OC)c2)ccc1=O. The Morgan fingerprint density at radius 3 is 2.50 bits per heavy atom. The molecule has 0 unspecified atom stereocenters. The van der Waals surface area contributed by atoms with Gasteiger partial charge in [0.2, 0.25) is 0 Å². The number of hydrogen-bond acceptors (Lipinski definition) is 6. The first kappa shape index (κ1) is 17.5. The lowest BCUT2D eigenvalue weighted by atomic mass is 10.1. The smallest absolute Gasteiger partial charge is 0.330 e. The van der Waals surface area contributed by atoms with Gasteiger partial charge in [0, 0.05) is 11.6 Å². The molecule has 7 heteroatoms. The molecule has 2 aromatic rings. The van der Waals surface area contributed by atoms with Gasteiger partial charge in [-0.15, -0.1) is 0 Å². The third-order valence-electron chi connectivity index (χ3n) is 3.50. The van der Waals surface area contributed by atoms with Crippen LogP contribution in [-0.4, -0.2) is 36.6 Å². The van der Waals surface area contributed by atoms with Gasteiger partial charge in [0.15, 0.2) is 17.5 Å². The van der Waals surface area contributed by atoms with Gasteiger partial charge in [-0.3, -0.25) is 4.79 Å². The second-order valence-electron chi connectivity index (χ2n) is 5.00. The Kier molecular flexibility index (Phi) is 5.57. The summed E-state index contributed by atoms with van der Waals surface area (Å²) in [7, 11) is 3.09. The van der Waals surface area contributed by atoms with E-state index in [9.17, 15) is 9.59 Å².